The smallest absolute Gasteiger partial charge is 0.423 e. The lowest BCUT2D eigenvalue weighted by Gasteiger charge is -2.34. The summed E-state index contributed by atoms with van der Waals surface area (Å²) in [5.74, 6) is -0.633. The molecular weight excluding hydrogens is 372 g/mol. The SMILES string of the molecule is C[Si]OC(O[Si]C)C(C)(C)Cc1ccc(C(=O)NNC(=O)O)c(CO)c1. The van der Waals surface area contributed by atoms with Gasteiger partial charge in [-0.25, -0.2) is 10.2 Å². The predicted octanol–water partition coefficient (Wildman–Crippen LogP) is 1.35. The van der Waals surface area contributed by atoms with Gasteiger partial charge < -0.3 is 19.1 Å². The first-order valence-corrected chi connectivity index (χ1v) is 10.7. The van der Waals surface area contributed by atoms with Crippen LogP contribution in [0.5, 0.6) is 0 Å². The molecule has 0 aliphatic carbocycles. The van der Waals surface area contributed by atoms with E-state index in [1.165, 1.54) is 0 Å². The molecule has 0 fully saturated rings. The third-order valence-electron chi connectivity index (χ3n) is 3.62. The minimum atomic E-state index is -1.37. The highest BCUT2D eigenvalue weighted by molar-refractivity contribution is 6.26. The van der Waals surface area contributed by atoms with E-state index in [1.54, 1.807) is 23.6 Å². The Morgan fingerprint density at radius 2 is 1.81 bits per heavy atom. The molecule has 0 aliphatic heterocycles. The van der Waals surface area contributed by atoms with Gasteiger partial charge in [-0.3, -0.25) is 10.2 Å². The first kappa shape index (κ1) is 22.3. The first-order chi connectivity index (χ1) is 12.2. The van der Waals surface area contributed by atoms with Gasteiger partial charge in [-0.2, -0.15) is 0 Å². The normalized spacial score (nSPS) is 11.5. The molecule has 0 unspecified atom stereocenters. The number of carboxylic acid groups (broad SMARTS) is 1. The van der Waals surface area contributed by atoms with Crippen molar-refractivity contribution in [2.75, 3.05) is 0 Å². The van der Waals surface area contributed by atoms with Gasteiger partial charge in [0.1, 0.15) is 6.29 Å². The second-order valence-electron chi connectivity index (χ2n) is 6.18. The number of benzene rings is 1. The molecule has 4 N–H and O–H groups in total. The summed E-state index contributed by atoms with van der Waals surface area (Å²) in [6, 6.07) is 5.07. The number of aliphatic hydroxyl groups is 1. The van der Waals surface area contributed by atoms with Crippen molar-refractivity contribution in [3.63, 3.8) is 0 Å². The van der Waals surface area contributed by atoms with Crippen molar-refractivity contribution in [3.05, 3.63) is 34.9 Å². The van der Waals surface area contributed by atoms with Gasteiger partial charge >= 0.3 is 6.09 Å². The van der Waals surface area contributed by atoms with Gasteiger partial charge in [0.2, 0.25) is 19.5 Å². The molecule has 4 radical (unpaired) electrons. The summed E-state index contributed by atoms with van der Waals surface area (Å²) in [5.41, 5.74) is 5.07. The lowest BCUT2D eigenvalue weighted by molar-refractivity contribution is -0.0783. The molecule has 0 bridgehead atoms. The monoisotopic (exact) mass is 396 g/mol. The highest BCUT2D eigenvalue weighted by Crippen LogP contribution is 2.29. The number of rotatable bonds is 9. The van der Waals surface area contributed by atoms with Crippen molar-refractivity contribution in [1.29, 1.82) is 0 Å². The molecule has 0 saturated heterocycles. The number of carbonyl (C=O) groups is 2. The Balaban J connectivity index is 2.97. The largest absolute Gasteiger partial charge is 0.464 e. The molecule has 10 heteroatoms. The molecule has 2 amide bonds. The van der Waals surface area contributed by atoms with Crippen LogP contribution < -0.4 is 10.9 Å². The highest BCUT2D eigenvalue weighted by Gasteiger charge is 2.31. The maximum atomic E-state index is 12.0. The van der Waals surface area contributed by atoms with Crippen LogP contribution in [0.1, 0.15) is 35.3 Å². The molecule has 1 aromatic carbocycles. The average Bonchev–Trinajstić information content (AvgIpc) is 2.59. The molecule has 0 atom stereocenters. The van der Waals surface area contributed by atoms with Crippen molar-refractivity contribution >= 4 is 31.5 Å². The van der Waals surface area contributed by atoms with Gasteiger partial charge in [0.05, 0.1) is 6.61 Å². The number of aliphatic hydroxyl groups excluding tert-OH is 1. The molecule has 1 rings (SSSR count). The van der Waals surface area contributed by atoms with Crippen LogP contribution in [-0.4, -0.2) is 48.0 Å². The van der Waals surface area contributed by atoms with Gasteiger partial charge in [0.15, 0.2) is 0 Å². The van der Waals surface area contributed by atoms with E-state index in [9.17, 15) is 14.7 Å². The zero-order chi connectivity index (χ0) is 19.7. The zero-order valence-electron chi connectivity index (χ0n) is 15.3. The fourth-order valence-corrected chi connectivity index (χ4v) is 3.71. The molecule has 0 aromatic heterocycles. The summed E-state index contributed by atoms with van der Waals surface area (Å²) in [5, 5.41) is 18.1. The van der Waals surface area contributed by atoms with Gasteiger partial charge in [-0.05, 0) is 36.7 Å². The predicted molar refractivity (Wildman–Crippen MR) is 97.7 cm³/mol. The molecule has 0 spiro atoms. The Kier molecular flexibility index (Phi) is 8.95. The van der Waals surface area contributed by atoms with Crippen LogP contribution in [0.3, 0.4) is 0 Å². The molecular formula is C16H24N2O6Si2. The third kappa shape index (κ3) is 6.54. The van der Waals surface area contributed by atoms with Crippen LogP contribution >= 0.6 is 0 Å². The maximum absolute atomic E-state index is 12.0. The fourth-order valence-electron chi connectivity index (χ4n) is 2.45. The van der Waals surface area contributed by atoms with E-state index in [0.29, 0.717) is 31.5 Å². The van der Waals surface area contributed by atoms with Crippen LogP contribution in [0, 0.1) is 5.41 Å². The molecule has 8 nitrogen and oxygen atoms in total. The van der Waals surface area contributed by atoms with Crippen molar-refractivity contribution < 1.29 is 28.7 Å². The van der Waals surface area contributed by atoms with E-state index < -0.39 is 12.0 Å². The highest BCUT2D eigenvalue weighted by atomic mass is 28.2. The Labute approximate surface area is 158 Å². The molecule has 0 heterocycles. The van der Waals surface area contributed by atoms with Crippen molar-refractivity contribution in [2.45, 2.75) is 46.3 Å². The number of hydrogen-bond donors (Lipinski definition) is 4. The van der Waals surface area contributed by atoms with Crippen molar-refractivity contribution in [1.82, 2.24) is 10.9 Å². The fraction of sp³-hybridized carbons (Fsp3) is 0.500. The van der Waals surface area contributed by atoms with Crippen LogP contribution in [0.4, 0.5) is 4.79 Å². The Hall–Kier alpha value is -1.73. The second kappa shape index (κ2) is 10.4. The van der Waals surface area contributed by atoms with Crippen LogP contribution in [-0.2, 0) is 21.9 Å². The maximum Gasteiger partial charge on any atom is 0.423 e. The Bertz CT molecular complexity index is 621. The Morgan fingerprint density at radius 3 is 2.31 bits per heavy atom. The zero-order valence-corrected chi connectivity index (χ0v) is 17.3. The summed E-state index contributed by atoms with van der Waals surface area (Å²) in [4.78, 5) is 22.5. The number of nitrogens with one attached hydrogen (secondary N) is 2. The molecule has 1 aromatic rings. The van der Waals surface area contributed by atoms with Gasteiger partial charge in [-0.15, -0.1) is 0 Å². The van der Waals surface area contributed by atoms with E-state index in [-0.39, 0.29) is 23.9 Å². The summed E-state index contributed by atoms with van der Waals surface area (Å²) < 4.78 is 11.5. The lowest BCUT2D eigenvalue weighted by atomic mass is 9.84. The van der Waals surface area contributed by atoms with E-state index in [0.717, 1.165) is 5.56 Å². The molecule has 142 valence electrons. The summed E-state index contributed by atoms with van der Waals surface area (Å²) in [7, 11) is 0.607. The van der Waals surface area contributed by atoms with Gasteiger partial charge in [-0.1, -0.05) is 26.0 Å². The van der Waals surface area contributed by atoms with Gasteiger partial charge in [0.25, 0.3) is 5.91 Å². The number of hydrogen-bond acceptors (Lipinski definition) is 5. The van der Waals surface area contributed by atoms with E-state index in [2.05, 4.69) is 5.43 Å². The second-order valence-corrected chi connectivity index (χ2v) is 7.46. The van der Waals surface area contributed by atoms with E-state index in [1.807, 2.05) is 26.9 Å². The first-order valence-electron chi connectivity index (χ1n) is 7.92. The van der Waals surface area contributed by atoms with Crippen LogP contribution in [0.2, 0.25) is 13.1 Å². The standard InChI is InChI=1S/C16H24N2O6Si2/c1-16(2,14(23-25-3)24-26-4)8-10-5-6-12(11(7-10)9-19)13(20)17-18-15(21)22/h5-7,14,18-19H,8-9H2,1-4H3,(H,17,20)(H,21,22). The van der Waals surface area contributed by atoms with E-state index >= 15 is 0 Å². The number of carbonyl (C=O) groups excluding carboxylic acids is 1. The number of hydrazine groups is 1. The van der Waals surface area contributed by atoms with Crippen LogP contribution in [0.25, 0.3) is 0 Å². The summed E-state index contributed by atoms with van der Waals surface area (Å²) in [6.45, 7) is 7.61. The summed E-state index contributed by atoms with van der Waals surface area (Å²) >= 11 is 0. The van der Waals surface area contributed by atoms with Crippen molar-refractivity contribution in [3.8, 4) is 0 Å². The molecule has 26 heavy (non-hydrogen) atoms. The average molecular weight is 397 g/mol. The molecule has 0 aliphatic rings. The van der Waals surface area contributed by atoms with E-state index in [4.69, 9.17) is 14.0 Å². The summed E-state index contributed by atoms with van der Waals surface area (Å²) in [6.07, 6.45) is -1.11. The topological polar surface area (TPSA) is 117 Å². The van der Waals surface area contributed by atoms with Crippen LogP contribution in [0.15, 0.2) is 18.2 Å². The number of amides is 2. The Morgan fingerprint density at radius 1 is 1.19 bits per heavy atom. The van der Waals surface area contributed by atoms with Crippen molar-refractivity contribution in [2.24, 2.45) is 5.41 Å². The minimum absolute atomic E-state index is 0.205. The lowest BCUT2D eigenvalue weighted by Crippen LogP contribution is -2.41. The molecule has 0 saturated carbocycles. The third-order valence-corrected chi connectivity index (χ3v) is 4.51. The van der Waals surface area contributed by atoms with Gasteiger partial charge in [0, 0.05) is 11.0 Å². The minimum Gasteiger partial charge on any atom is -0.464 e. The quantitative estimate of drug-likeness (QED) is 0.284.